The molecule has 0 unspecified atom stereocenters. The summed E-state index contributed by atoms with van der Waals surface area (Å²) in [5, 5.41) is 4.94. The van der Waals surface area contributed by atoms with E-state index >= 15 is 0 Å². The van der Waals surface area contributed by atoms with Crippen LogP contribution in [-0.4, -0.2) is 50.6 Å². The van der Waals surface area contributed by atoms with Gasteiger partial charge in [0, 0.05) is 42.4 Å². The van der Waals surface area contributed by atoms with Gasteiger partial charge >= 0.3 is 6.18 Å². The summed E-state index contributed by atoms with van der Waals surface area (Å²) in [5.74, 6) is -1.01. The average molecular weight is 432 g/mol. The lowest BCUT2D eigenvalue weighted by atomic mass is 9.72. The Morgan fingerprint density at radius 2 is 1.94 bits per heavy atom. The fourth-order valence-corrected chi connectivity index (χ4v) is 4.32. The normalized spacial score (nSPS) is 24.4. The van der Waals surface area contributed by atoms with Crippen molar-refractivity contribution in [2.45, 2.75) is 38.0 Å². The molecule has 0 N–H and O–H groups in total. The first-order valence-corrected chi connectivity index (χ1v) is 10.3. The number of hydrogen-bond acceptors (Lipinski definition) is 6. The van der Waals surface area contributed by atoms with Gasteiger partial charge in [-0.05, 0) is 31.9 Å². The number of morpholine rings is 1. The van der Waals surface area contributed by atoms with Crippen LogP contribution in [0.15, 0.2) is 24.5 Å². The third-order valence-corrected chi connectivity index (χ3v) is 6.15. The van der Waals surface area contributed by atoms with Crippen LogP contribution in [0.1, 0.15) is 41.8 Å². The van der Waals surface area contributed by atoms with Gasteiger partial charge in [0.2, 0.25) is 5.95 Å². The topological polar surface area (TPSA) is 69.0 Å². The van der Waals surface area contributed by atoms with Crippen LogP contribution in [0, 0.1) is 12.8 Å². The summed E-state index contributed by atoms with van der Waals surface area (Å²) < 4.78 is 46.8. The van der Waals surface area contributed by atoms with E-state index in [1.54, 1.807) is 10.9 Å². The van der Waals surface area contributed by atoms with Gasteiger partial charge in [-0.15, -0.1) is 0 Å². The van der Waals surface area contributed by atoms with Gasteiger partial charge in [-0.3, -0.25) is 4.68 Å². The molecule has 1 aliphatic heterocycles. The van der Waals surface area contributed by atoms with Crippen LogP contribution in [0.4, 0.5) is 19.1 Å². The van der Waals surface area contributed by atoms with Crippen LogP contribution in [0.3, 0.4) is 0 Å². The van der Waals surface area contributed by atoms with Crippen molar-refractivity contribution in [1.82, 2.24) is 24.7 Å². The van der Waals surface area contributed by atoms with E-state index in [0.717, 1.165) is 16.6 Å². The largest absolute Gasteiger partial charge is 0.391 e. The number of pyridine rings is 1. The summed E-state index contributed by atoms with van der Waals surface area (Å²) in [6.45, 7) is 3.51. The predicted molar refractivity (Wildman–Crippen MR) is 108 cm³/mol. The van der Waals surface area contributed by atoms with Crippen molar-refractivity contribution < 1.29 is 17.9 Å². The van der Waals surface area contributed by atoms with Crippen LogP contribution in [0.25, 0.3) is 11.0 Å². The summed E-state index contributed by atoms with van der Waals surface area (Å²) in [6, 6.07) is 3.72. The van der Waals surface area contributed by atoms with E-state index in [1.807, 2.05) is 37.2 Å². The van der Waals surface area contributed by atoms with E-state index in [0.29, 0.717) is 37.0 Å². The second-order valence-corrected chi connectivity index (χ2v) is 8.39. The maximum atomic E-state index is 13.1. The lowest BCUT2D eigenvalue weighted by Crippen LogP contribution is -2.40. The highest BCUT2D eigenvalue weighted by atomic mass is 19.4. The van der Waals surface area contributed by atoms with Crippen molar-refractivity contribution in [3.63, 3.8) is 0 Å². The molecule has 0 spiro atoms. The second-order valence-electron chi connectivity index (χ2n) is 8.39. The SMILES string of the molecule is Cc1ccc2c(n1)nc(N1CCO[C@H](c3cnn(C)c3)C1)nc2[C@H]1C[C@H](C(F)(F)F)C1. The zero-order valence-electron chi connectivity index (χ0n) is 17.3. The molecule has 2 fully saturated rings. The molecule has 1 atom stereocenters. The summed E-state index contributed by atoms with van der Waals surface area (Å²) in [4.78, 5) is 16.0. The number of fused-ring (bicyclic) bond motifs is 1. The lowest BCUT2D eigenvalue weighted by Gasteiger charge is -2.37. The third-order valence-electron chi connectivity index (χ3n) is 6.15. The summed E-state index contributed by atoms with van der Waals surface area (Å²) in [5.41, 5.74) is 2.96. The Bertz CT molecular complexity index is 1110. The molecule has 31 heavy (non-hydrogen) atoms. The molecule has 1 saturated carbocycles. The molecule has 0 aromatic carbocycles. The first kappa shape index (κ1) is 20.2. The Hall–Kier alpha value is -2.75. The fourth-order valence-electron chi connectivity index (χ4n) is 4.32. The number of anilines is 1. The van der Waals surface area contributed by atoms with Crippen molar-refractivity contribution in [2.24, 2.45) is 13.0 Å². The number of alkyl halides is 3. The van der Waals surface area contributed by atoms with Gasteiger partial charge in [0.25, 0.3) is 0 Å². The molecule has 0 radical (unpaired) electrons. The van der Waals surface area contributed by atoms with Gasteiger partial charge in [-0.25, -0.2) is 9.97 Å². The van der Waals surface area contributed by atoms with E-state index in [4.69, 9.17) is 9.72 Å². The van der Waals surface area contributed by atoms with E-state index in [9.17, 15) is 13.2 Å². The van der Waals surface area contributed by atoms with E-state index in [2.05, 4.69) is 15.1 Å². The van der Waals surface area contributed by atoms with Gasteiger partial charge in [0.15, 0.2) is 5.65 Å². The monoisotopic (exact) mass is 432 g/mol. The zero-order valence-corrected chi connectivity index (χ0v) is 17.3. The number of aryl methyl sites for hydroxylation is 2. The van der Waals surface area contributed by atoms with E-state index in [1.165, 1.54) is 0 Å². The van der Waals surface area contributed by atoms with Gasteiger partial charge < -0.3 is 9.64 Å². The first-order valence-electron chi connectivity index (χ1n) is 10.3. The maximum absolute atomic E-state index is 13.1. The minimum atomic E-state index is -4.15. The molecule has 164 valence electrons. The molecule has 4 heterocycles. The van der Waals surface area contributed by atoms with Crippen LogP contribution in [-0.2, 0) is 11.8 Å². The Morgan fingerprint density at radius 1 is 1.13 bits per heavy atom. The minimum Gasteiger partial charge on any atom is -0.370 e. The van der Waals surface area contributed by atoms with Gasteiger partial charge in [0.1, 0.15) is 6.10 Å². The molecule has 2 aliphatic rings. The highest BCUT2D eigenvalue weighted by Gasteiger charge is 2.49. The molecule has 3 aromatic heterocycles. The number of ether oxygens (including phenoxy) is 1. The van der Waals surface area contributed by atoms with Crippen molar-refractivity contribution in [3.05, 3.63) is 41.5 Å². The molecule has 5 rings (SSSR count). The highest BCUT2D eigenvalue weighted by Crippen LogP contribution is 2.50. The molecule has 1 aliphatic carbocycles. The molecular formula is C21H23F3N6O. The number of halogens is 3. The molecule has 1 saturated heterocycles. The molecular weight excluding hydrogens is 409 g/mol. The molecule has 0 bridgehead atoms. The van der Waals surface area contributed by atoms with Crippen molar-refractivity contribution in [3.8, 4) is 0 Å². The number of hydrogen-bond donors (Lipinski definition) is 0. The maximum Gasteiger partial charge on any atom is 0.391 e. The third kappa shape index (κ3) is 3.84. The van der Waals surface area contributed by atoms with Crippen molar-refractivity contribution >= 4 is 17.0 Å². The Balaban J connectivity index is 1.47. The minimum absolute atomic E-state index is 0.0599. The highest BCUT2D eigenvalue weighted by molar-refractivity contribution is 5.79. The molecule has 3 aromatic rings. The van der Waals surface area contributed by atoms with Crippen LogP contribution in [0.5, 0.6) is 0 Å². The first-order chi connectivity index (χ1) is 14.8. The second kappa shape index (κ2) is 7.44. The van der Waals surface area contributed by atoms with Crippen LogP contribution >= 0.6 is 0 Å². The number of nitrogens with zero attached hydrogens (tertiary/aromatic N) is 6. The molecule has 0 amide bonds. The Kier molecular flexibility index (Phi) is 4.84. The standard InChI is InChI=1S/C21H23F3N6O/c1-12-3-4-16-18(13-7-15(8-13)21(22,23)24)27-20(28-19(16)26-12)30-5-6-31-17(11-30)14-9-25-29(2)10-14/h3-4,9-10,13,15,17H,5-8,11H2,1-2H3/t13-,15-,17-/m0/s1. The van der Waals surface area contributed by atoms with E-state index in [-0.39, 0.29) is 24.9 Å². The Labute approximate surface area is 177 Å². The predicted octanol–water partition coefficient (Wildman–Crippen LogP) is 3.70. The van der Waals surface area contributed by atoms with Crippen molar-refractivity contribution in [2.75, 3.05) is 24.6 Å². The molecule has 7 nitrogen and oxygen atoms in total. The number of aromatic nitrogens is 5. The summed E-state index contributed by atoms with van der Waals surface area (Å²) in [7, 11) is 1.85. The van der Waals surface area contributed by atoms with Gasteiger partial charge in [-0.1, -0.05) is 0 Å². The average Bonchev–Trinajstić information content (AvgIpc) is 3.12. The summed E-state index contributed by atoms with van der Waals surface area (Å²) in [6.07, 6.45) is -0.518. The molecule has 10 heteroatoms. The fraction of sp³-hybridized carbons (Fsp3) is 0.524. The van der Waals surface area contributed by atoms with Crippen LogP contribution < -0.4 is 4.90 Å². The lowest BCUT2D eigenvalue weighted by molar-refractivity contribution is -0.197. The van der Waals surface area contributed by atoms with Gasteiger partial charge in [-0.2, -0.15) is 23.3 Å². The van der Waals surface area contributed by atoms with Crippen LogP contribution in [0.2, 0.25) is 0 Å². The summed E-state index contributed by atoms with van der Waals surface area (Å²) >= 11 is 0. The quantitative estimate of drug-likeness (QED) is 0.629. The van der Waals surface area contributed by atoms with Gasteiger partial charge in [0.05, 0.1) is 31.0 Å². The zero-order chi connectivity index (χ0) is 21.8. The smallest absolute Gasteiger partial charge is 0.370 e. The van der Waals surface area contributed by atoms with E-state index < -0.39 is 12.1 Å². The Morgan fingerprint density at radius 3 is 2.65 bits per heavy atom. The number of rotatable bonds is 3. The van der Waals surface area contributed by atoms with Crippen molar-refractivity contribution in [1.29, 1.82) is 0 Å².